The highest BCUT2D eigenvalue weighted by molar-refractivity contribution is 5.86. The third-order valence-corrected chi connectivity index (χ3v) is 5.42. The molecule has 0 saturated carbocycles. The number of aryl methyl sites for hydroxylation is 1. The molecule has 7 heteroatoms. The molecule has 3 aromatic heterocycles. The van der Waals surface area contributed by atoms with Crippen LogP contribution >= 0.6 is 0 Å². The first-order valence-electron chi connectivity index (χ1n) is 10.3. The van der Waals surface area contributed by atoms with Gasteiger partial charge in [0, 0.05) is 43.1 Å². The molecule has 29 heavy (non-hydrogen) atoms. The van der Waals surface area contributed by atoms with Crippen molar-refractivity contribution < 1.29 is 9.21 Å². The van der Waals surface area contributed by atoms with Crippen molar-refractivity contribution in [3.05, 3.63) is 36.1 Å². The minimum absolute atomic E-state index is 0.140. The van der Waals surface area contributed by atoms with E-state index in [4.69, 9.17) is 4.42 Å². The molecule has 3 aromatic rings. The van der Waals surface area contributed by atoms with Gasteiger partial charge in [-0.15, -0.1) is 10.2 Å². The molecule has 1 aliphatic rings. The number of carbonyl (C=O) groups is 1. The Hall–Kier alpha value is -2.67. The Morgan fingerprint density at radius 2 is 1.97 bits per heavy atom. The van der Waals surface area contributed by atoms with E-state index in [2.05, 4.69) is 38.9 Å². The Kier molecular flexibility index (Phi) is 5.67. The standard InChI is InChI=1S/C22H27N5O2/c1-14(2)13-27-6-4-16(5-7-27)21(28)10-19-9-17-8-18(11-24-20(17)12-23-19)22-26-25-15(3)29-22/h8-9,11-12,14,16H,4-7,10,13H2,1-3H3. The molecule has 7 nitrogen and oxygen atoms in total. The highest BCUT2D eigenvalue weighted by Crippen LogP contribution is 2.24. The van der Waals surface area contributed by atoms with Gasteiger partial charge in [0.1, 0.15) is 5.78 Å². The number of piperidine rings is 1. The number of aromatic nitrogens is 4. The van der Waals surface area contributed by atoms with Crippen molar-refractivity contribution >= 4 is 16.7 Å². The predicted molar refractivity (Wildman–Crippen MR) is 110 cm³/mol. The van der Waals surface area contributed by atoms with E-state index in [1.165, 1.54) is 0 Å². The van der Waals surface area contributed by atoms with Crippen molar-refractivity contribution in [2.45, 2.75) is 40.0 Å². The van der Waals surface area contributed by atoms with Crippen LogP contribution in [0.5, 0.6) is 0 Å². The number of pyridine rings is 2. The van der Waals surface area contributed by atoms with Crippen LogP contribution in [-0.4, -0.2) is 50.5 Å². The summed E-state index contributed by atoms with van der Waals surface area (Å²) < 4.78 is 5.49. The predicted octanol–water partition coefficient (Wildman–Crippen LogP) is 3.47. The fourth-order valence-corrected chi connectivity index (χ4v) is 3.98. The second-order valence-electron chi connectivity index (χ2n) is 8.33. The van der Waals surface area contributed by atoms with Gasteiger partial charge in [-0.05, 0) is 44.0 Å². The number of likely N-dealkylation sites (tertiary alicyclic amines) is 1. The summed E-state index contributed by atoms with van der Waals surface area (Å²) >= 11 is 0. The van der Waals surface area contributed by atoms with Gasteiger partial charge in [0.2, 0.25) is 11.8 Å². The summed E-state index contributed by atoms with van der Waals surface area (Å²) in [7, 11) is 0. The van der Waals surface area contributed by atoms with E-state index in [1.807, 2.05) is 12.1 Å². The van der Waals surface area contributed by atoms with Gasteiger partial charge in [0.25, 0.3) is 0 Å². The summed E-state index contributed by atoms with van der Waals surface area (Å²) in [6.07, 6.45) is 5.69. The maximum atomic E-state index is 12.8. The number of rotatable bonds is 6. The van der Waals surface area contributed by atoms with Crippen LogP contribution in [0.3, 0.4) is 0 Å². The molecule has 1 saturated heterocycles. The lowest BCUT2D eigenvalue weighted by Crippen LogP contribution is -2.38. The van der Waals surface area contributed by atoms with Gasteiger partial charge in [-0.25, -0.2) is 0 Å². The van der Waals surface area contributed by atoms with E-state index in [0.29, 0.717) is 24.1 Å². The SMILES string of the molecule is Cc1nnc(-c2cnc3cnc(CC(=O)C4CCN(CC(C)C)CC4)cc3c2)o1. The molecule has 4 rings (SSSR count). The van der Waals surface area contributed by atoms with Crippen LogP contribution in [0, 0.1) is 18.8 Å². The zero-order chi connectivity index (χ0) is 20.4. The quantitative estimate of drug-likeness (QED) is 0.634. The van der Waals surface area contributed by atoms with Gasteiger partial charge in [-0.1, -0.05) is 13.8 Å². The fraction of sp³-hybridized carbons (Fsp3) is 0.500. The van der Waals surface area contributed by atoms with Crippen molar-refractivity contribution in [2.75, 3.05) is 19.6 Å². The Morgan fingerprint density at radius 1 is 1.17 bits per heavy atom. The third-order valence-electron chi connectivity index (χ3n) is 5.42. The van der Waals surface area contributed by atoms with Gasteiger partial charge in [0.15, 0.2) is 0 Å². The van der Waals surface area contributed by atoms with Crippen LogP contribution in [0.1, 0.15) is 38.3 Å². The first-order chi connectivity index (χ1) is 14.0. The van der Waals surface area contributed by atoms with Crippen LogP contribution < -0.4 is 0 Å². The lowest BCUT2D eigenvalue weighted by molar-refractivity contribution is -0.123. The van der Waals surface area contributed by atoms with E-state index in [9.17, 15) is 4.79 Å². The molecule has 0 aliphatic carbocycles. The van der Waals surface area contributed by atoms with E-state index < -0.39 is 0 Å². The molecule has 0 radical (unpaired) electrons. The highest BCUT2D eigenvalue weighted by Gasteiger charge is 2.25. The van der Waals surface area contributed by atoms with Crippen LogP contribution in [0.15, 0.2) is 28.9 Å². The van der Waals surface area contributed by atoms with Crippen molar-refractivity contribution in [1.29, 1.82) is 0 Å². The Morgan fingerprint density at radius 3 is 2.66 bits per heavy atom. The summed E-state index contributed by atoms with van der Waals surface area (Å²) in [6, 6.07) is 3.90. The van der Waals surface area contributed by atoms with Crippen molar-refractivity contribution in [1.82, 2.24) is 25.1 Å². The van der Waals surface area contributed by atoms with Crippen LogP contribution in [0.25, 0.3) is 22.4 Å². The lowest BCUT2D eigenvalue weighted by Gasteiger charge is -2.32. The zero-order valence-corrected chi connectivity index (χ0v) is 17.3. The number of nitrogens with zero attached hydrogens (tertiary/aromatic N) is 5. The second kappa shape index (κ2) is 8.37. The largest absolute Gasteiger partial charge is 0.421 e. The van der Waals surface area contributed by atoms with Crippen molar-refractivity contribution in [3.63, 3.8) is 0 Å². The van der Waals surface area contributed by atoms with Crippen LogP contribution in [0.2, 0.25) is 0 Å². The summed E-state index contributed by atoms with van der Waals surface area (Å²) in [4.78, 5) is 24.2. The molecule has 0 atom stereocenters. The Bertz CT molecular complexity index is 1010. The first-order valence-corrected chi connectivity index (χ1v) is 10.3. The number of hydrogen-bond donors (Lipinski definition) is 0. The summed E-state index contributed by atoms with van der Waals surface area (Å²) in [5.41, 5.74) is 2.33. The van der Waals surface area contributed by atoms with Gasteiger partial charge < -0.3 is 9.32 Å². The molecule has 0 amide bonds. The van der Waals surface area contributed by atoms with Gasteiger partial charge in [0.05, 0.1) is 17.3 Å². The monoisotopic (exact) mass is 393 g/mol. The summed E-state index contributed by atoms with van der Waals surface area (Å²) in [5.74, 6) is 2.05. The fourth-order valence-electron chi connectivity index (χ4n) is 3.98. The average Bonchev–Trinajstić information content (AvgIpc) is 3.14. The van der Waals surface area contributed by atoms with Crippen LogP contribution in [0.4, 0.5) is 0 Å². The number of fused-ring (bicyclic) bond motifs is 1. The van der Waals surface area contributed by atoms with Gasteiger partial charge in [-0.2, -0.15) is 0 Å². The molecule has 0 unspecified atom stereocenters. The minimum atomic E-state index is 0.140. The zero-order valence-electron chi connectivity index (χ0n) is 17.3. The summed E-state index contributed by atoms with van der Waals surface area (Å²) in [6.45, 7) is 9.37. The maximum absolute atomic E-state index is 12.8. The molecule has 1 aliphatic heterocycles. The number of carbonyl (C=O) groups excluding carboxylic acids is 1. The molecule has 1 fully saturated rings. The lowest BCUT2D eigenvalue weighted by atomic mass is 9.90. The number of ketones is 1. The average molecular weight is 393 g/mol. The third kappa shape index (κ3) is 4.67. The van der Waals surface area contributed by atoms with Gasteiger partial charge in [-0.3, -0.25) is 14.8 Å². The molecule has 0 spiro atoms. The molecule has 0 N–H and O–H groups in total. The Labute approximate surface area is 170 Å². The number of hydrogen-bond acceptors (Lipinski definition) is 7. The number of Topliss-reactive ketones (excluding diaryl/α,β-unsaturated/α-hetero) is 1. The highest BCUT2D eigenvalue weighted by atomic mass is 16.4. The van der Waals surface area contributed by atoms with Crippen molar-refractivity contribution in [2.24, 2.45) is 11.8 Å². The summed E-state index contributed by atoms with van der Waals surface area (Å²) in [5, 5.41) is 8.84. The van der Waals surface area contributed by atoms with E-state index >= 15 is 0 Å². The smallest absolute Gasteiger partial charge is 0.249 e. The second-order valence-corrected chi connectivity index (χ2v) is 8.33. The molecule has 0 bridgehead atoms. The molecular formula is C22H27N5O2. The van der Waals surface area contributed by atoms with E-state index in [0.717, 1.165) is 54.6 Å². The van der Waals surface area contributed by atoms with Crippen molar-refractivity contribution in [3.8, 4) is 11.5 Å². The maximum Gasteiger partial charge on any atom is 0.249 e. The normalized spacial score (nSPS) is 16.0. The molecule has 0 aromatic carbocycles. The first kappa shape index (κ1) is 19.6. The molecular weight excluding hydrogens is 366 g/mol. The minimum Gasteiger partial charge on any atom is -0.421 e. The van der Waals surface area contributed by atoms with E-state index in [-0.39, 0.29) is 11.7 Å². The Balaban J connectivity index is 1.44. The topological polar surface area (TPSA) is 85.0 Å². The molecule has 152 valence electrons. The molecule has 4 heterocycles. The van der Waals surface area contributed by atoms with Gasteiger partial charge >= 0.3 is 0 Å². The van der Waals surface area contributed by atoms with Crippen LogP contribution in [-0.2, 0) is 11.2 Å². The van der Waals surface area contributed by atoms with E-state index in [1.54, 1.807) is 19.3 Å².